The van der Waals surface area contributed by atoms with Gasteiger partial charge in [-0.15, -0.1) is 0 Å². The first-order valence-corrected chi connectivity index (χ1v) is 14.1. The number of rotatable bonds is 13. The number of benzene rings is 4. The summed E-state index contributed by atoms with van der Waals surface area (Å²) in [6.07, 6.45) is -2.22. The van der Waals surface area contributed by atoms with Gasteiger partial charge in [-0.2, -0.15) is 0 Å². The van der Waals surface area contributed by atoms with Crippen LogP contribution in [0.4, 0.5) is 0 Å². The molecule has 0 spiro atoms. The third kappa shape index (κ3) is 6.95. The van der Waals surface area contributed by atoms with E-state index in [4.69, 9.17) is 28.4 Å². The third-order valence-corrected chi connectivity index (χ3v) is 7.27. The Balaban J connectivity index is 1.56. The molecular formula is C35H36O9. The SMILES string of the molecule is COc1ccc(C2=C[C@](O)(OCc3ccccc3)[C@@](O)(OCc3ccccc3)[C@@H](C(O)OCc3ccccc3)O2)cc1OC. The zero-order chi connectivity index (χ0) is 31.0. The smallest absolute Gasteiger partial charge is 0.269 e. The normalized spacial score (nSPS) is 22.0. The Morgan fingerprint density at radius 3 is 1.75 bits per heavy atom. The summed E-state index contributed by atoms with van der Waals surface area (Å²) in [6.45, 7) is -0.244. The molecule has 0 bridgehead atoms. The van der Waals surface area contributed by atoms with Crippen molar-refractivity contribution in [3.8, 4) is 11.5 Å². The first-order chi connectivity index (χ1) is 21.3. The topological polar surface area (TPSA) is 116 Å². The molecule has 4 aromatic carbocycles. The monoisotopic (exact) mass is 600 g/mol. The van der Waals surface area contributed by atoms with Gasteiger partial charge < -0.3 is 43.7 Å². The Morgan fingerprint density at radius 2 is 1.20 bits per heavy atom. The maximum Gasteiger partial charge on any atom is 0.269 e. The summed E-state index contributed by atoms with van der Waals surface area (Å²) in [5.74, 6) is -4.20. The number of aliphatic hydroxyl groups excluding tert-OH is 1. The molecule has 5 rings (SSSR count). The van der Waals surface area contributed by atoms with Crippen molar-refractivity contribution in [3.63, 3.8) is 0 Å². The molecule has 1 unspecified atom stereocenters. The predicted octanol–water partition coefficient (Wildman–Crippen LogP) is 4.79. The van der Waals surface area contributed by atoms with E-state index in [1.807, 2.05) is 78.9 Å². The maximum atomic E-state index is 12.3. The molecule has 1 aliphatic rings. The predicted molar refractivity (Wildman–Crippen MR) is 162 cm³/mol. The molecular weight excluding hydrogens is 564 g/mol. The van der Waals surface area contributed by atoms with Gasteiger partial charge in [-0.1, -0.05) is 91.0 Å². The van der Waals surface area contributed by atoms with Crippen LogP contribution < -0.4 is 9.47 Å². The largest absolute Gasteiger partial charge is 0.493 e. The zero-order valence-electron chi connectivity index (χ0n) is 24.5. The van der Waals surface area contributed by atoms with E-state index in [0.717, 1.165) is 11.1 Å². The van der Waals surface area contributed by atoms with Crippen LogP contribution in [0.3, 0.4) is 0 Å². The Kier molecular flexibility index (Phi) is 9.96. The number of ether oxygens (including phenoxy) is 6. The van der Waals surface area contributed by atoms with Gasteiger partial charge in [-0.25, -0.2) is 0 Å². The second kappa shape index (κ2) is 14.0. The molecule has 0 aliphatic carbocycles. The van der Waals surface area contributed by atoms with E-state index in [1.54, 1.807) is 30.3 Å². The molecule has 0 radical (unpaired) electrons. The second-order valence-corrected chi connectivity index (χ2v) is 10.2. The molecule has 0 aromatic heterocycles. The highest BCUT2D eigenvalue weighted by Crippen LogP contribution is 2.44. The molecule has 0 fully saturated rings. The van der Waals surface area contributed by atoms with Crippen LogP contribution >= 0.6 is 0 Å². The molecule has 3 N–H and O–H groups in total. The van der Waals surface area contributed by atoms with Gasteiger partial charge in [0.15, 0.2) is 17.8 Å². The Morgan fingerprint density at radius 1 is 0.682 bits per heavy atom. The van der Waals surface area contributed by atoms with E-state index in [9.17, 15) is 15.3 Å². The molecule has 0 saturated carbocycles. The minimum Gasteiger partial charge on any atom is -0.493 e. The van der Waals surface area contributed by atoms with E-state index in [1.165, 1.54) is 20.3 Å². The molecule has 1 aliphatic heterocycles. The van der Waals surface area contributed by atoms with Gasteiger partial charge in [0.25, 0.3) is 5.79 Å². The van der Waals surface area contributed by atoms with E-state index >= 15 is 0 Å². The number of hydrogen-bond acceptors (Lipinski definition) is 9. The van der Waals surface area contributed by atoms with Crippen molar-refractivity contribution in [2.45, 2.75) is 43.8 Å². The van der Waals surface area contributed by atoms with Crippen LogP contribution in [0.5, 0.6) is 11.5 Å². The van der Waals surface area contributed by atoms with Crippen LogP contribution in [0.2, 0.25) is 0 Å². The first kappa shape index (κ1) is 31.2. The molecule has 44 heavy (non-hydrogen) atoms. The van der Waals surface area contributed by atoms with E-state index in [2.05, 4.69) is 0 Å². The highest BCUT2D eigenvalue weighted by atomic mass is 16.7. The molecule has 4 atom stereocenters. The molecule has 0 amide bonds. The molecule has 0 saturated heterocycles. The van der Waals surface area contributed by atoms with Gasteiger partial charge in [-0.3, -0.25) is 0 Å². The second-order valence-electron chi connectivity index (χ2n) is 10.2. The third-order valence-electron chi connectivity index (χ3n) is 7.27. The van der Waals surface area contributed by atoms with E-state index < -0.39 is 24.0 Å². The van der Waals surface area contributed by atoms with Crippen molar-refractivity contribution < 1.29 is 43.7 Å². The average Bonchev–Trinajstić information content (AvgIpc) is 3.07. The summed E-state index contributed by atoms with van der Waals surface area (Å²) in [5.41, 5.74) is 2.67. The molecule has 9 heteroatoms. The van der Waals surface area contributed by atoms with Crippen LogP contribution in [0.15, 0.2) is 115 Å². The molecule has 230 valence electrons. The Bertz CT molecular complexity index is 1510. The van der Waals surface area contributed by atoms with Crippen LogP contribution in [-0.4, -0.2) is 53.5 Å². The molecule has 4 aromatic rings. The quantitative estimate of drug-likeness (QED) is 0.186. The Hall–Kier alpha value is -4.22. The standard InChI is InChI=1S/C35H36O9/c1-39-29-19-18-28(20-30(29)40-2)31-21-34(37,42-23-26-14-8-4-9-15-26)35(38,43-24-27-16-10-5-11-17-27)32(44-31)33(36)41-22-25-12-6-3-7-13-25/h3-21,32-33,36-38H,22-24H2,1-2H3/t32-,33?,34+,35+/m1/s1. The van der Waals surface area contributed by atoms with Crippen molar-refractivity contribution in [2.24, 2.45) is 0 Å². The van der Waals surface area contributed by atoms with Crippen molar-refractivity contribution >= 4 is 5.76 Å². The van der Waals surface area contributed by atoms with Crippen molar-refractivity contribution in [2.75, 3.05) is 14.2 Å². The summed E-state index contributed by atoms with van der Waals surface area (Å²) < 4.78 is 34.9. The summed E-state index contributed by atoms with van der Waals surface area (Å²) in [6, 6.07) is 32.5. The highest BCUT2D eigenvalue weighted by molar-refractivity contribution is 5.65. The zero-order valence-corrected chi connectivity index (χ0v) is 24.5. The van der Waals surface area contributed by atoms with Gasteiger partial charge in [0.2, 0.25) is 11.9 Å². The lowest BCUT2D eigenvalue weighted by molar-refractivity contribution is -0.420. The van der Waals surface area contributed by atoms with Crippen molar-refractivity contribution in [1.82, 2.24) is 0 Å². The van der Waals surface area contributed by atoms with Gasteiger partial charge >= 0.3 is 0 Å². The van der Waals surface area contributed by atoms with Gasteiger partial charge in [0.1, 0.15) is 5.76 Å². The lowest BCUT2D eigenvalue weighted by Crippen LogP contribution is -2.68. The van der Waals surface area contributed by atoms with Crippen LogP contribution in [0, 0.1) is 0 Å². The van der Waals surface area contributed by atoms with E-state index in [-0.39, 0.29) is 25.6 Å². The minimum absolute atomic E-state index is 0.00462. The maximum absolute atomic E-state index is 12.3. The number of methoxy groups -OCH3 is 2. The molecule has 9 nitrogen and oxygen atoms in total. The summed E-state index contributed by atoms with van der Waals surface area (Å²) in [4.78, 5) is 0. The van der Waals surface area contributed by atoms with Crippen molar-refractivity contribution in [3.05, 3.63) is 138 Å². The fraction of sp³-hybridized carbons (Fsp3) is 0.257. The van der Waals surface area contributed by atoms with Gasteiger partial charge in [-0.05, 0) is 34.9 Å². The van der Waals surface area contributed by atoms with Crippen LogP contribution in [-0.2, 0) is 38.8 Å². The summed E-state index contributed by atoms with van der Waals surface area (Å²) in [5, 5.41) is 35.9. The van der Waals surface area contributed by atoms with Crippen molar-refractivity contribution in [1.29, 1.82) is 0 Å². The highest BCUT2D eigenvalue weighted by Gasteiger charge is 2.63. The average molecular weight is 601 g/mol. The fourth-order valence-corrected chi connectivity index (χ4v) is 4.84. The van der Waals surface area contributed by atoms with E-state index in [0.29, 0.717) is 22.6 Å². The fourth-order valence-electron chi connectivity index (χ4n) is 4.84. The Labute approximate surface area is 256 Å². The first-order valence-electron chi connectivity index (χ1n) is 14.1. The lowest BCUT2D eigenvalue weighted by atomic mass is 9.92. The summed E-state index contributed by atoms with van der Waals surface area (Å²) in [7, 11) is 3.02. The molecule has 1 heterocycles. The van der Waals surface area contributed by atoms with Crippen LogP contribution in [0.25, 0.3) is 5.76 Å². The van der Waals surface area contributed by atoms with Crippen LogP contribution in [0.1, 0.15) is 22.3 Å². The lowest BCUT2D eigenvalue weighted by Gasteiger charge is -2.48. The number of aliphatic hydroxyl groups is 3. The minimum atomic E-state index is -2.65. The number of hydrogen-bond donors (Lipinski definition) is 3. The van der Waals surface area contributed by atoms with Gasteiger partial charge in [0.05, 0.1) is 34.0 Å². The van der Waals surface area contributed by atoms with Gasteiger partial charge in [0, 0.05) is 11.6 Å². The summed E-state index contributed by atoms with van der Waals surface area (Å²) >= 11 is 0.